The van der Waals surface area contributed by atoms with Gasteiger partial charge in [0.1, 0.15) is 0 Å². The summed E-state index contributed by atoms with van der Waals surface area (Å²) in [7, 11) is 0. The highest BCUT2D eigenvalue weighted by molar-refractivity contribution is 4.65. The third-order valence-corrected chi connectivity index (χ3v) is 1.28. The maximum atomic E-state index is 9.02. The highest BCUT2D eigenvalue weighted by Gasteiger charge is 2.10. The molecule has 0 aliphatic rings. The zero-order valence-electron chi connectivity index (χ0n) is 5.80. The fourth-order valence-electron chi connectivity index (χ4n) is 0.422. The average Bonchev–Trinajstić information content (AvgIpc) is 1.98. The minimum absolute atomic E-state index is 0.0260. The fraction of sp³-hybridized carbons (Fsp3) is 1.00. The lowest BCUT2D eigenvalue weighted by atomic mass is 10.1. The predicted molar refractivity (Wildman–Crippen MR) is 36.3 cm³/mol. The molecular formula is C5H11N3O2. The van der Waals surface area contributed by atoms with Gasteiger partial charge >= 0.3 is 0 Å². The lowest BCUT2D eigenvalue weighted by Crippen LogP contribution is -2.23. The van der Waals surface area contributed by atoms with Gasteiger partial charge in [-0.3, -0.25) is 0 Å². The smallest absolute Gasteiger partial charge is 0.0643 e. The summed E-state index contributed by atoms with van der Waals surface area (Å²) in [5, 5.41) is 20.7. The summed E-state index contributed by atoms with van der Waals surface area (Å²) in [6, 6.07) is 0. The molecule has 0 aliphatic heterocycles. The van der Waals surface area contributed by atoms with Gasteiger partial charge in [-0.05, 0) is 5.53 Å². The average molecular weight is 145 g/mol. The SMILES string of the molecule is C[C@@H](CO)[C@H](O)CN=[N+]=[N-]. The van der Waals surface area contributed by atoms with Crippen molar-refractivity contribution >= 4 is 0 Å². The van der Waals surface area contributed by atoms with Crippen molar-refractivity contribution in [2.75, 3.05) is 13.2 Å². The molecule has 0 rings (SSSR count). The van der Waals surface area contributed by atoms with Crippen molar-refractivity contribution < 1.29 is 10.2 Å². The van der Waals surface area contributed by atoms with Crippen LogP contribution >= 0.6 is 0 Å². The van der Waals surface area contributed by atoms with Crippen LogP contribution in [0.2, 0.25) is 0 Å². The Labute approximate surface area is 58.9 Å². The summed E-state index contributed by atoms with van der Waals surface area (Å²) in [4.78, 5) is 2.48. The number of rotatable bonds is 4. The molecule has 2 atom stereocenters. The standard InChI is InChI=1S/C5H11N3O2/c1-4(3-9)5(10)2-7-8-6/h4-5,9-10H,2-3H2,1H3/t4-,5+/m0/s1. The quantitative estimate of drug-likeness (QED) is 0.338. The highest BCUT2D eigenvalue weighted by atomic mass is 16.3. The summed E-state index contributed by atoms with van der Waals surface area (Å²) in [6.07, 6.45) is -0.735. The second-order valence-corrected chi connectivity index (χ2v) is 2.14. The van der Waals surface area contributed by atoms with Crippen LogP contribution in [0, 0.1) is 5.92 Å². The number of aliphatic hydroxyl groups is 2. The third-order valence-electron chi connectivity index (χ3n) is 1.28. The minimum Gasteiger partial charge on any atom is -0.396 e. The zero-order valence-corrected chi connectivity index (χ0v) is 5.80. The van der Waals surface area contributed by atoms with Crippen LogP contribution in [-0.4, -0.2) is 29.5 Å². The normalized spacial score (nSPS) is 15.5. The van der Waals surface area contributed by atoms with Gasteiger partial charge < -0.3 is 10.2 Å². The van der Waals surface area contributed by atoms with E-state index in [-0.39, 0.29) is 19.1 Å². The van der Waals surface area contributed by atoms with Crippen LogP contribution in [0.15, 0.2) is 5.11 Å². The Balaban J connectivity index is 3.60. The van der Waals surface area contributed by atoms with Crippen molar-refractivity contribution in [3.8, 4) is 0 Å². The molecule has 0 fully saturated rings. The first kappa shape index (κ1) is 9.23. The van der Waals surface area contributed by atoms with Gasteiger partial charge in [-0.25, -0.2) is 0 Å². The third kappa shape index (κ3) is 3.29. The summed E-state index contributed by atoms with van der Waals surface area (Å²) < 4.78 is 0. The van der Waals surface area contributed by atoms with Crippen LogP contribution in [0.25, 0.3) is 10.4 Å². The number of hydrogen-bond donors (Lipinski definition) is 2. The van der Waals surface area contributed by atoms with Gasteiger partial charge in [-0.2, -0.15) is 0 Å². The number of azide groups is 1. The molecule has 0 radical (unpaired) electrons. The summed E-state index contributed by atoms with van der Waals surface area (Å²) in [5.41, 5.74) is 7.85. The van der Waals surface area contributed by atoms with E-state index in [9.17, 15) is 0 Å². The minimum atomic E-state index is -0.735. The largest absolute Gasteiger partial charge is 0.396 e. The highest BCUT2D eigenvalue weighted by Crippen LogP contribution is 2.01. The summed E-state index contributed by atoms with van der Waals surface area (Å²) in [6.45, 7) is 1.61. The summed E-state index contributed by atoms with van der Waals surface area (Å²) >= 11 is 0. The number of hydrogen-bond acceptors (Lipinski definition) is 3. The van der Waals surface area contributed by atoms with Gasteiger partial charge in [0.2, 0.25) is 0 Å². The molecule has 2 N–H and O–H groups in total. The van der Waals surface area contributed by atoms with Crippen LogP contribution < -0.4 is 0 Å². The molecule has 0 bridgehead atoms. The van der Waals surface area contributed by atoms with E-state index >= 15 is 0 Å². The first-order valence-electron chi connectivity index (χ1n) is 3.02. The molecule has 58 valence electrons. The zero-order chi connectivity index (χ0) is 7.98. The van der Waals surface area contributed by atoms with Gasteiger partial charge in [-0.15, -0.1) is 0 Å². The van der Waals surface area contributed by atoms with Crippen LogP contribution in [0.1, 0.15) is 6.92 Å². The van der Waals surface area contributed by atoms with E-state index in [0.717, 1.165) is 0 Å². The molecule has 0 aromatic heterocycles. The molecule has 5 nitrogen and oxygen atoms in total. The monoisotopic (exact) mass is 145 g/mol. The lowest BCUT2D eigenvalue weighted by Gasteiger charge is -2.12. The summed E-state index contributed by atoms with van der Waals surface area (Å²) in [5.74, 6) is -0.231. The number of aliphatic hydroxyl groups excluding tert-OH is 2. The lowest BCUT2D eigenvalue weighted by molar-refractivity contribution is 0.0836. The topological polar surface area (TPSA) is 89.2 Å². The molecule has 0 aromatic rings. The van der Waals surface area contributed by atoms with Crippen LogP contribution in [0.4, 0.5) is 0 Å². The van der Waals surface area contributed by atoms with Crippen molar-refractivity contribution in [1.29, 1.82) is 0 Å². The van der Waals surface area contributed by atoms with Gasteiger partial charge in [0.15, 0.2) is 0 Å². The van der Waals surface area contributed by atoms with Gasteiger partial charge in [-0.1, -0.05) is 12.0 Å². The Morgan fingerprint density at radius 2 is 2.30 bits per heavy atom. The van der Waals surface area contributed by atoms with E-state index in [1.807, 2.05) is 0 Å². The van der Waals surface area contributed by atoms with E-state index in [1.165, 1.54) is 0 Å². The molecule has 0 unspecified atom stereocenters. The van der Waals surface area contributed by atoms with Crippen molar-refractivity contribution in [2.24, 2.45) is 11.0 Å². The van der Waals surface area contributed by atoms with Crippen LogP contribution in [0.3, 0.4) is 0 Å². The molecule has 10 heavy (non-hydrogen) atoms. The molecule has 0 aromatic carbocycles. The molecule has 0 amide bonds. The van der Waals surface area contributed by atoms with E-state index < -0.39 is 6.10 Å². The van der Waals surface area contributed by atoms with Crippen molar-refractivity contribution in [3.63, 3.8) is 0 Å². The Morgan fingerprint density at radius 1 is 1.70 bits per heavy atom. The Morgan fingerprint density at radius 3 is 2.70 bits per heavy atom. The van der Waals surface area contributed by atoms with E-state index in [1.54, 1.807) is 6.92 Å². The van der Waals surface area contributed by atoms with Crippen molar-refractivity contribution in [1.82, 2.24) is 0 Å². The molecule has 0 heterocycles. The molecule has 5 heteroatoms. The van der Waals surface area contributed by atoms with E-state index in [4.69, 9.17) is 15.7 Å². The Bertz CT molecular complexity index is 133. The van der Waals surface area contributed by atoms with Crippen LogP contribution in [0.5, 0.6) is 0 Å². The first-order chi connectivity index (χ1) is 4.72. The molecular weight excluding hydrogens is 134 g/mol. The van der Waals surface area contributed by atoms with Gasteiger partial charge in [0.05, 0.1) is 12.6 Å². The van der Waals surface area contributed by atoms with Crippen LogP contribution in [-0.2, 0) is 0 Å². The second kappa shape index (κ2) is 5.05. The molecule has 0 spiro atoms. The molecule has 0 saturated heterocycles. The maximum absolute atomic E-state index is 9.02. The number of nitrogens with zero attached hydrogens (tertiary/aromatic N) is 3. The molecule has 0 aliphatic carbocycles. The fourth-order valence-corrected chi connectivity index (χ4v) is 0.422. The van der Waals surface area contributed by atoms with E-state index in [0.29, 0.717) is 0 Å². The van der Waals surface area contributed by atoms with Gasteiger partial charge in [0, 0.05) is 17.4 Å². The van der Waals surface area contributed by atoms with Crippen molar-refractivity contribution in [3.05, 3.63) is 10.4 Å². The maximum Gasteiger partial charge on any atom is 0.0643 e. The second-order valence-electron chi connectivity index (χ2n) is 2.14. The molecule has 0 saturated carbocycles. The predicted octanol–water partition coefficient (Wildman–Crippen LogP) is 0.286. The Hall–Kier alpha value is -0.770. The van der Waals surface area contributed by atoms with E-state index in [2.05, 4.69) is 10.0 Å². The Kier molecular flexibility index (Phi) is 4.66. The first-order valence-corrected chi connectivity index (χ1v) is 3.02. The van der Waals surface area contributed by atoms with Crippen molar-refractivity contribution in [2.45, 2.75) is 13.0 Å². The van der Waals surface area contributed by atoms with Gasteiger partial charge in [0.25, 0.3) is 0 Å².